The van der Waals surface area contributed by atoms with Crippen molar-refractivity contribution in [2.45, 2.75) is 84.2 Å². The molecule has 0 amide bonds. The Kier molecular flexibility index (Phi) is 6.51. The first-order chi connectivity index (χ1) is 12.8. The highest BCUT2D eigenvalue weighted by atomic mass is 17.1. The maximum absolute atomic E-state index is 11.7. The van der Waals surface area contributed by atoms with Crippen LogP contribution >= 0.6 is 0 Å². The molecule has 0 spiro atoms. The number of esters is 1. The van der Waals surface area contributed by atoms with Crippen LogP contribution in [-0.4, -0.2) is 45.4 Å². The van der Waals surface area contributed by atoms with Crippen molar-refractivity contribution >= 4 is 5.97 Å². The molecule has 2 fully saturated rings. The fourth-order valence-electron chi connectivity index (χ4n) is 6.24. The van der Waals surface area contributed by atoms with Gasteiger partial charge in [-0.1, -0.05) is 46.4 Å². The van der Waals surface area contributed by atoms with Crippen molar-refractivity contribution in [1.82, 2.24) is 0 Å². The third-order valence-corrected chi connectivity index (χ3v) is 7.36. The Bertz CT molecular complexity index is 625. The van der Waals surface area contributed by atoms with Gasteiger partial charge >= 0.3 is 5.97 Å². The first-order valence-corrected chi connectivity index (χ1v) is 10.0. The molecular formula is C22H36O6. The van der Waals surface area contributed by atoms with E-state index in [0.717, 1.165) is 19.3 Å². The molecule has 2 saturated carbocycles. The SMILES string of the molecule is C=CC(=C)C(CC1C(C)(O)C(OC(C)=O)C(O)C2C(C)(C)CCCC21C)OO. The summed E-state index contributed by atoms with van der Waals surface area (Å²) >= 11 is 0. The van der Waals surface area contributed by atoms with Gasteiger partial charge in [-0.3, -0.25) is 10.1 Å². The van der Waals surface area contributed by atoms with Crippen molar-refractivity contribution in [3.63, 3.8) is 0 Å². The molecule has 0 radical (unpaired) electrons. The molecule has 0 heterocycles. The number of rotatable bonds is 6. The topological polar surface area (TPSA) is 96.2 Å². The summed E-state index contributed by atoms with van der Waals surface area (Å²) in [5.41, 5.74) is -1.66. The van der Waals surface area contributed by atoms with Crippen LogP contribution in [-0.2, 0) is 14.4 Å². The standard InChI is InChI=1S/C22H36O6/c1-8-13(2)15(28-26)12-16-21(6)11-9-10-20(4,5)18(21)17(24)19(22(16,7)25)27-14(3)23/h8,15-19,24-26H,1-2,9-12H2,3-7H3. The molecule has 2 rings (SSSR count). The lowest BCUT2D eigenvalue weighted by Gasteiger charge is -2.64. The largest absolute Gasteiger partial charge is 0.457 e. The maximum atomic E-state index is 11.7. The van der Waals surface area contributed by atoms with E-state index in [1.807, 2.05) is 0 Å². The van der Waals surface area contributed by atoms with Crippen LogP contribution < -0.4 is 0 Å². The zero-order valence-electron chi connectivity index (χ0n) is 17.8. The van der Waals surface area contributed by atoms with E-state index in [1.54, 1.807) is 6.92 Å². The van der Waals surface area contributed by atoms with Gasteiger partial charge in [-0.15, -0.1) is 0 Å². The predicted octanol–water partition coefficient (Wildman–Crippen LogP) is 3.48. The normalized spacial score (nSPS) is 40.9. The second-order valence-corrected chi connectivity index (χ2v) is 9.73. The van der Waals surface area contributed by atoms with Crippen molar-refractivity contribution < 1.29 is 29.9 Å². The Morgan fingerprint density at radius 2 is 1.89 bits per heavy atom. The molecule has 0 bridgehead atoms. The van der Waals surface area contributed by atoms with Gasteiger partial charge in [0.1, 0.15) is 11.7 Å². The minimum absolute atomic E-state index is 0.195. The Balaban J connectivity index is 2.58. The molecule has 2 aliphatic rings. The number of hydrogen-bond donors (Lipinski definition) is 3. The summed E-state index contributed by atoms with van der Waals surface area (Å²) in [5, 5.41) is 32.3. The molecule has 160 valence electrons. The third-order valence-electron chi connectivity index (χ3n) is 7.36. The minimum Gasteiger partial charge on any atom is -0.457 e. The van der Waals surface area contributed by atoms with Gasteiger partial charge in [0, 0.05) is 6.92 Å². The number of carbonyl (C=O) groups is 1. The highest BCUT2D eigenvalue weighted by molar-refractivity contribution is 5.66. The van der Waals surface area contributed by atoms with Crippen LogP contribution in [0.1, 0.15) is 60.3 Å². The number of fused-ring (bicyclic) bond motifs is 1. The summed E-state index contributed by atoms with van der Waals surface area (Å²) in [5.74, 6) is -1.16. The Hall–Kier alpha value is -1.21. The molecule has 6 nitrogen and oxygen atoms in total. The molecule has 0 saturated heterocycles. The fraction of sp³-hybridized carbons (Fsp3) is 0.773. The Morgan fingerprint density at radius 3 is 2.39 bits per heavy atom. The van der Waals surface area contributed by atoms with E-state index < -0.39 is 41.2 Å². The summed E-state index contributed by atoms with van der Waals surface area (Å²) in [7, 11) is 0. The second-order valence-electron chi connectivity index (χ2n) is 9.73. The van der Waals surface area contributed by atoms with Gasteiger partial charge in [0.2, 0.25) is 0 Å². The van der Waals surface area contributed by atoms with Crippen LogP contribution in [0.25, 0.3) is 0 Å². The summed E-state index contributed by atoms with van der Waals surface area (Å²) < 4.78 is 5.45. The summed E-state index contributed by atoms with van der Waals surface area (Å²) in [6.45, 7) is 16.7. The number of ether oxygens (including phenoxy) is 1. The lowest BCUT2D eigenvalue weighted by molar-refractivity contribution is -0.300. The Labute approximate surface area is 168 Å². The van der Waals surface area contributed by atoms with Crippen LogP contribution in [0.4, 0.5) is 0 Å². The van der Waals surface area contributed by atoms with E-state index in [4.69, 9.17) is 4.74 Å². The number of hydrogen-bond acceptors (Lipinski definition) is 6. The molecule has 0 aliphatic heterocycles. The monoisotopic (exact) mass is 396 g/mol. The van der Waals surface area contributed by atoms with E-state index in [-0.39, 0.29) is 17.8 Å². The van der Waals surface area contributed by atoms with Crippen LogP contribution in [0.2, 0.25) is 0 Å². The first-order valence-electron chi connectivity index (χ1n) is 10.0. The summed E-state index contributed by atoms with van der Waals surface area (Å²) in [4.78, 5) is 16.4. The van der Waals surface area contributed by atoms with E-state index in [2.05, 4.69) is 38.8 Å². The molecule has 0 aromatic carbocycles. The maximum Gasteiger partial charge on any atom is 0.303 e. The van der Waals surface area contributed by atoms with Gasteiger partial charge in [-0.25, -0.2) is 4.89 Å². The van der Waals surface area contributed by atoms with Crippen molar-refractivity contribution in [2.75, 3.05) is 0 Å². The Morgan fingerprint density at radius 1 is 1.29 bits per heavy atom. The average Bonchev–Trinajstić information content (AvgIpc) is 2.57. The number of aliphatic hydroxyl groups is 2. The van der Waals surface area contributed by atoms with Crippen LogP contribution in [0.5, 0.6) is 0 Å². The van der Waals surface area contributed by atoms with Crippen molar-refractivity contribution in [3.05, 3.63) is 24.8 Å². The first kappa shape index (κ1) is 23.1. The average molecular weight is 397 g/mol. The summed E-state index contributed by atoms with van der Waals surface area (Å²) in [6.07, 6.45) is 1.68. The summed E-state index contributed by atoms with van der Waals surface area (Å²) in [6, 6.07) is 0. The van der Waals surface area contributed by atoms with Gasteiger partial charge < -0.3 is 14.9 Å². The highest BCUT2D eigenvalue weighted by Gasteiger charge is 2.66. The molecular weight excluding hydrogens is 360 g/mol. The number of aliphatic hydroxyl groups excluding tert-OH is 1. The van der Waals surface area contributed by atoms with Crippen molar-refractivity contribution in [2.24, 2.45) is 22.7 Å². The van der Waals surface area contributed by atoms with E-state index in [1.165, 1.54) is 13.0 Å². The number of carbonyl (C=O) groups excluding carboxylic acids is 1. The van der Waals surface area contributed by atoms with E-state index in [0.29, 0.717) is 5.57 Å². The van der Waals surface area contributed by atoms with Gasteiger partial charge in [0.05, 0.1) is 6.10 Å². The molecule has 28 heavy (non-hydrogen) atoms. The van der Waals surface area contributed by atoms with Crippen molar-refractivity contribution in [1.29, 1.82) is 0 Å². The fourth-order valence-corrected chi connectivity index (χ4v) is 6.24. The second kappa shape index (κ2) is 7.90. The minimum atomic E-state index is -1.51. The third kappa shape index (κ3) is 3.80. The zero-order valence-corrected chi connectivity index (χ0v) is 17.8. The quantitative estimate of drug-likeness (QED) is 0.275. The lowest BCUT2D eigenvalue weighted by atomic mass is 9.43. The predicted molar refractivity (Wildman–Crippen MR) is 106 cm³/mol. The van der Waals surface area contributed by atoms with Crippen LogP contribution in [0, 0.1) is 22.7 Å². The van der Waals surface area contributed by atoms with Crippen LogP contribution in [0.15, 0.2) is 24.8 Å². The van der Waals surface area contributed by atoms with Gasteiger partial charge in [0.25, 0.3) is 0 Å². The molecule has 6 heteroatoms. The smallest absolute Gasteiger partial charge is 0.303 e. The molecule has 3 N–H and O–H groups in total. The highest BCUT2D eigenvalue weighted by Crippen LogP contribution is 2.63. The lowest BCUT2D eigenvalue weighted by Crippen LogP contribution is -2.70. The molecule has 0 aromatic rings. The molecule has 7 unspecified atom stereocenters. The molecule has 0 aromatic heterocycles. The zero-order chi connectivity index (χ0) is 21.5. The van der Waals surface area contributed by atoms with Crippen molar-refractivity contribution in [3.8, 4) is 0 Å². The van der Waals surface area contributed by atoms with Gasteiger partial charge in [0.15, 0.2) is 6.10 Å². The molecule has 7 atom stereocenters. The van der Waals surface area contributed by atoms with Gasteiger partial charge in [-0.2, -0.15) is 0 Å². The van der Waals surface area contributed by atoms with E-state index >= 15 is 0 Å². The molecule has 2 aliphatic carbocycles. The van der Waals surface area contributed by atoms with Crippen LogP contribution in [0.3, 0.4) is 0 Å². The van der Waals surface area contributed by atoms with E-state index in [9.17, 15) is 20.3 Å². The van der Waals surface area contributed by atoms with Gasteiger partial charge in [-0.05, 0) is 54.4 Å².